The van der Waals surface area contributed by atoms with Gasteiger partial charge >= 0.3 is 0 Å². The first-order valence-corrected chi connectivity index (χ1v) is 13.2. The molecule has 2 saturated heterocycles. The Balaban J connectivity index is 1.58. The molecule has 0 saturated carbocycles. The predicted molar refractivity (Wildman–Crippen MR) is 129 cm³/mol. The first-order chi connectivity index (χ1) is 15.9. The largest absolute Gasteiger partial charge is 0.393 e. The molecule has 0 aromatic heterocycles. The summed E-state index contributed by atoms with van der Waals surface area (Å²) < 4.78 is 12.7. The Kier molecular flexibility index (Phi) is 9.71. The van der Waals surface area contributed by atoms with Crippen molar-refractivity contribution in [2.75, 3.05) is 13.1 Å². The molecule has 6 nitrogen and oxygen atoms in total. The molecule has 0 radical (unpaired) electrons. The van der Waals surface area contributed by atoms with Crippen molar-refractivity contribution in [2.45, 2.75) is 121 Å². The Labute approximate surface area is 199 Å². The van der Waals surface area contributed by atoms with Crippen molar-refractivity contribution in [3.05, 3.63) is 24.3 Å². The van der Waals surface area contributed by atoms with Crippen molar-refractivity contribution in [3.63, 3.8) is 0 Å². The molecule has 6 heteroatoms. The van der Waals surface area contributed by atoms with Gasteiger partial charge in [0.25, 0.3) is 0 Å². The highest BCUT2D eigenvalue weighted by atomic mass is 16.7. The highest BCUT2D eigenvalue weighted by Crippen LogP contribution is 2.47. The van der Waals surface area contributed by atoms with Crippen LogP contribution in [-0.2, 0) is 19.1 Å². The second kappa shape index (κ2) is 12.3. The van der Waals surface area contributed by atoms with Gasteiger partial charge in [-0.1, -0.05) is 52.4 Å². The van der Waals surface area contributed by atoms with Crippen LogP contribution >= 0.6 is 0 Å². The molecule has 0 unspecified atom stereocenters. The zero-order chi connectivity index (χ0) is 23.7. The van der Waals surface area contributed by atoms with Crippen LogP contribution in [0.5, 0.6) is 0 Å². The number of aliphatic hydroxyl groups excluding tert-OH is 1. The molecule has 2 heterocycles. The summed E-state index contributed by atoms with van der Waals surface area (Å²) in [6.45, 7) is 5.99. The molecule has 3 rings (SSSR count). The molecular formula is C27H43NO5. The minimum atomic E-state index is -0.898. The van der Waals surface area contributed by atoms with Crippen LogP contribution in [0.1, 0.15) is 97.3 Å². The topological polar surface area (TPSA) is 76.1 Å². The summed E-state index contributed by atoms with van der Waals surface area (Å²) in [5.41, 5.74) is -0.649. The number of hydrogen-bond acceptors (Lipinski definition) is 5. The third-order valence-electron chi connectivity index (χ3n) is 7.11. The molecule has 2 fully saturated rings. The van der Waals surface area contributed by atoms with Crippen LogP contribution < -0.4 is 0 Å². The molecule has 1 amide bonds. The van der Waals surface area contributed by atoms with Crippen molar-refractivity contribution in [1.29, 1.82) is 0 Å². The van der Waals surface area contributed by atoms with E-state index in [0.29, 0.717) is 25.7 Å². The number of allylic oxidation sites excluding steroid dienone is 2. The number of carbonyl (C=O) groups is 2. The molecule has 186 valence electrons. The molecule has 3 atom stereocenters. The Morgan fingerprint density at radius 1 is 1.03 bits per heavy atom. The molecule has 0 aromatic rings. The normalized spacial score (nSPS) is 28.2. The summed E-state index contributed by atoms with van der Waals surface area (Å²) in [6.07, 6.45) is 17.3. The lowest BCUT2D eigenvalue weighted by atomic mass is 9.91. The van der Waals surface area contributed by atoms with Crippen molar-refractivity contribution >= 4 is 11.7 Å². The third-order valence-corrected chi connectivity index (χ3v) is 7.11. The van der Waals surface area contributed by atoms with Crippen LogP contribution in [0.4, 0.5) is 0 Å². The fourth-order valence-electron chi connectivity index (χ4n) is 5.27. The van der Waals surface area contributed by atoms with Gasteiger partial charge in [0, 0.05) is 32.4 Å². The summed E-state index contributed by atoms with van der Waals surface area (Å²) in [6, 6.07) is 0. The number of amides is 1. The van der Waals surface area contributed by atoms with E-state index in [4.69, 9.17) is 9.47 Å². The van der Waals surface area contributed by atoms with Crippen LogP contribution in [0.2, 0.25) is 0 Å². The first-order valence-electron chi connectivity index (χ1n) is 13.2. The van der Waals surface area contributed by atoms with E-state index < -0.39 is 17.5 Å². The van der Waals surface area contributed by atoms with Gasteiger partial charge in [0.05, 0.1) is 18.6 Å². The van der Waals surface area contributed by atoms with E-state index in [1.165, 1.54) is 37.8 Å². The number of ketones is 1. The average Bonchev–Trinajstić information content (AvgIpc) is 3.11. The Bertz CT molecular complexity index is 689. The summed E-state index contributed by atoms with van der Waals surface area (Å²) in [5, 5.41) is 10.6. The van der Waals surface area contributed by atoms with Gasteiger partial charge < -0.3 is 19.5 Å². The van der Waals surface area contributed by atoms with Gasteiger partial charge in [-0.25, -0.2) is 0 Å². The number of hydrogen-bond donors (Lipinski definition) is 1. The standard InChI is InChI=1S/C27H43NO5/c1-3-5-7-9-17-28(18-10-8-6-4-2)25(31)20-24-19-23(30)21-27(32-24)16-15-26(33-27)13-11-22(29)12-14-26/h11-14,23-24,30H,3-10,15-21H2,1-2H3/t23-,24+,27-/m1/s1. The highest BCUT2D eigenvalue weighted by Gasteiger charge is 2.52. The maximum Gasteiger partial charge on any atom is 0.225 e. The SMILES string of the molecule is CCCCCCN(CCCCCC)C(=O)C[C@@H]1C[C@@H](O)C[C@]2(CCC3(C=CC(=O)C=C3)O2)O1. The summed E-state index contributed by atoms with van der Waals surface area (Å²) >= 11 is 0. The number of ether oxygens (including phenoxy) is 2. The van der Waals surface area contributed by atoms with Crippen LogP contribution in [0.3, 0.4) is 0 Å². The second-order valence-electron chi connectivity index (χ2n) is 10.1. The molecule has 1 aliphatic carbocycles. The zero-order valence-corrected chi connectivity index (χ0v) is 20.6. The number of aliphatic hydroxyl groups is 1. The Morgan fingerprint density at radius 2 is 1.67 bits per heavy atom. The molecule has 3 aliphatic rings. The fraction of sp³-hybridized carbons (Fsp3) is 0.778. The third kappa shape index (κ3) is 7.49. The Hall–Kier alpha value is -1.50. The molecule has 33 heavy (non-hydrogen) atoms. The monoisotopic (exact) mass is 461 g/mol. The van der Waals surface area contributed by atoms with Gasteiger partial charge in [0.1, 0.15) is 5.60 Å². The molecule has 0 bridgehead atoms. The van der Waals surface area contributed by atoms with Gasteiger partial charge in [0.15, 0.2) is 11.6 Å². The van der Waals surface area contributed by atoms with Crippen molar-refractivity contribution in [3.8, 4) is 0 Å². The lowest BCUT2D eigenvalue weighted by Crippen LogP contribution is -2.49. The fourth-order valence-corrected chi connectivity index (χ4v) is 5.27. The molecule has 2 spiro atoms. The predicted octanol–water partition coefficient (Wildman–Crippen LogP) is 4.85. The van der Waals surface area contributed by atoms with Gasteiger partial charge in [-0.3, -0.25) is 9.59 Å². The van der Waals surface area contributed by atoms with E-state index in [1.54, 1.807) is 12.2 Å². The molecule has 2 aliphatic heterocycles. The summed E-state index contributed by atoms with van der Waals surface area (Å²) in [4.78, 5) is 26.8. The number of unbranched alkanes of at least 4 members (excludes halogenated alkanes) is 6. The van der Waals surface area contributed by atoms with Crippen molar-refractivity contribution in [1.82, 2.24) is 4.90 Å². The number of nitrogens with zero attached hydrogens (tertiary/aromatic N) is 1. The van der Waals surface area contributed by atoms with Gasteiger partial charge in [-0.05, 0) is 43.6 Å². The van der Waals surface area contributed by atoms with E-state index in [2.05, 4.69) is 13.8 Å². The molecule has 0 aromatic carbocycles. The highest BCUT2D eigenvalue weighted by molar-refractivity contribution is 6.00. The van der Waals surface area contributed by atoms with Crippen LogP contribution in [0.25, 0.3) is 0 Å². The van der Waals surface area contributed by atoms with Crippen molar-refractivity contribution in [2.24, 2.45) is 0 Å². The second-order valence-corrected chi connectivity index (χ2v) is 10.1. The van der Waals surface area contributed by atoms with E-state index in [1.807, 2.05) is 4.90 Å². The van der Waals surface area contributed by atoms with E-state index >= 15 is 0 Å². The van der Waals surface area contributed by atoms with E-state index in [-0.39, 0.29) is 24.2 Å². The molecular weight excluding hydrogens is 418 g/mol. The van der Waals surface area contributed by atoms with Crippen LogP contribution in [0, 0.1) is 0 Å². The van der Waals surface area contributed by atoms with Gasteiger partial charge in [-0.15, -0.1) is 0 Å². The minimum absolute atomic E-state index is 0.0452. The quantitative estimate of drug-likeness (QED) is 0.421. The smallest absolute Gasteiger partial charge is 0.225 e. The lowest BCUT2D eigenvalue weighted by molar-refractivity contribution is -0.291. The summed E-state index contributed by atoms with van der Waals surface area (Å²) in [7, 11) is 0. The van der Waals surface area contributed by atoms with Crippen molar-refractivity contribution < 1.29 is 24.2 Å². The van der Waals surface area contributed by atoms with Gasteiger partial charge in [-0.2, -0.15) is 0 Å². The van der Waals surface area contributed by atoms with Crippen LogP contribution in [0.15, 0.2) is 24.3 Å². The first kappa shape index (κ1) is 26.1. The number of carbonyl (C=O) groups excluding carboxylic acids is 2. The summed E-state index contributed by atoms with van der Waals surface area (Å²) in [5.74, 6) is -0.825. The number of rotatable bonds is 12. The maximum absolute atomic E-state index is 13.2. The van der Waals surface area contributed by atoms with E-state index in [9.17, 15) is 14.7 Å². The van der Waals surface area contributed by atoms with E-state index in [0.717, 1.165) is 38.8 Å². The maximum atomic E-state index is 13.2. The lowest BCUT2D eigenvalue weighted by Gasteiger charge is -2.42. The average molecular weight is 462 g/mol. The minimum Gasteiger partial charge on any atom is -0.393 e. The van der Waals surface area contributed by atoms with Crippen LogP contribution in [-0.4, -0.2) is 58.4 Å². The zero-order valence-electron chi connectivity index (χ0n) is 20.6. The molecule has 1 N–H and O–H groups in total. The Morgan fingerprint density at radius 3 is 2.27 bits per heavy atom. The van der Waals surface area contributed by atoms with Gasteiger partial charge in [0.2, 0.25) is 5.91 Å².